The Labute approximate surface area is 181 Å². The van der Waals surface area contributed by atoms with Crippen molar-refractivity contribution < 1.29 is 17.9 Å². The summed E-state index contributed by atoms with van der Waals surface area (Å²) in [5.74, 6) is 0.511. The molecule has 2 aromatic carbocycles. The van der Waals surface area contributed by atoms with Crippen molar-refractivity contribution in [3.63, 3.8) is 0 Å². The van der Waals surface area contributed by atoms with E-state index in [9.17, 15) is 13.2 Å². The number of carbonyl (C=O) groups is 1. The van der Waals surface area contributed by atoms with Gasteiger partial charge in [-0.05, 0) is 61.4 Å². The van der Waals surface area contributed by atoms with Gasteiger partial charge in [-0.3, -0.25) is 9.10 Å². The predicted molar refractivity (Wildman–Crippen MR) is 118 cm³/mol. The Bertz CT molecular complexity index is 934. The second-order valence-corrected chi connectivity index (χ2v) is 9.30. The predicted octanol–water partition coefficient (Wildman–Crippen LogP) is 4.04. The summed E-state index contributed by atoms with van der Waals surface area (Å²) in [7, 11) is -3.48. The molecule has 0 heterocycles. The summed E-state index contributed by atoms with van der Waals surface area (Å²) in [6.07, 6.45) is 1.74. The lowest BCUT2D eigenvalue weighted by molar-refractivity contribution is -0.121. The number of hydrogen-bond acceptors (Lipinski definition) is 4. The molecule has 9 heteroatoms. The summed E-state index contributed by atoms with van der Waals surface area (Å²) >= 11 is 11.8. The number of anilines is 1. The van der Waals surface area contributed by atoms with Gasteiger partial charge >= 0.3 is 0 Å². The molecule has 29 heavy (non-hydrogen) atoms. The zero-order valence-corrected chi connectivity index (χ0v) is 18.6. The summed E-state index contributed by atoms with van der Waals surface area (Å²) in [6.45, 7) is 2.68. The molecule has 0 unspecified atom stereocenters. The Kier molecular flexibility index (Phi) is 8.61. The summed E-state index contributed by atoms with van der Waals surface area (Å²) in [4.78, 5) is 12.0. The van der Waals surface area contributed by atoms with Crippen molar-refractivity contribution in [2.45, 2.75) is 19.8 Å². The van der Waals surface area contributed by atoms with Crippen molar-refractivity contribution in [3.05, 3.63) is 58.1 Å². The van der Waals surface area contributed by atoms with E-state index in [2.05, 4.69) is 5.32 Å². The number of rotatable bonds is 10. The van der Waals surface area contributed by atoms with Crippen LogP contribution in [0.3, 0.4) is 0 Å². The van der Waals surface area contributed by atoms with Gasteiger partial charge in [-0.15, -0.1) is 0 Å². The van der Waals surface area contributed by atoms with E-state index in [1.54, 1.807) is 49.4 Å². The maximum absolute atomic E-state index is 12.2. The fourth-order valence-corrected chi connectivity index (χ4v) is 4.10. The van der Waals surface area contributed by atoms with Crippen LogP contribution in [0.2, 0.25) is 10.0 Å². The fourth-order valence-electron chi connectivity index (χ4n) is 2.73. The van der Waals surface area contributed by atoms with Gasteiger partial charge in [-0.25, -0.2) is 8.42 Å². The van der Waals surface area contributed by atoms with Gasteiger partial charge in [0.15, 0.2) is 0 Å². The average Bonchev–Trinajstić information content (AvgIpc) is 2.64. The molecule has 0 aliphatic rings. The number of amides is 1. The third-order valence-electron chi connectivity index (χ3n) is 4.10. The number of nitrogens with zero attached hydrogens (tertiary/aromatic N) is 1. The van der Waals surface area contributed by atoms with Crippen LogP contribution < -0.4 is 14.4 Å². The summed E-state index contributed by atoms with van der Waals surface area (Å²) in [5, 5.41) is 3.93. The molecular formula is C20H24Cl2N2O4S. The maximum Gasteiger partial charge on any atom is 0.232 e. The molecule has 2 rings (SSSR count). The molecule has 0 bridgehead atoms. The Morgan fingerprint density at radius 2 is 1.76 bits per heavy atom. The third kappa shape index (κ3) is 7.76. The number of hydrogen-bond donors (Lipinski definition) is 1. The molecule has 1 amide bonds. The van der Waals surface area contributed by atoms with Crippen LogP contribution in [0.15, 0.2) is 42.5 Å². The molecule has 0 saturated heterocycles. The van der Waals surface area contributed by atoms with Gasteiger partial charge in [0, 0.05) is 23.0 Å². The van der Waals surface area contributed by atoms with Crippen molar-refractivity contribution >= 4 is 44.8 Å². The second-order valence-electron chi connectivity index (χ2n) is 6.52. The molecule has 0 radical (unpaired) electrons. The van der Waals surface area contributed by atoms with Gasteiger partial charge in [0.25, 0.3) is 0 Å². The molecule has 0 aliphatic heterocycles. The minimum absolute atomic E-state index is 0.161. The summed E-state index contributed by atoms with van der Waals surface area (Å²) in [6, 6.07) is 12.0. The zero-order chi connectivity index (χ0) is 21.4. The number of ether oxygens (including phenoxy) is 1. The minimum Gasteiger partial charge on any atom is -0.492 e. The maximum atomic E-state index is 12.2. The second kappa shape index (κ2) is 10.7. The highest BCUT2D eigenvalue weighted by atomic mass is 35.5. The van der Waals surface area contributed by atoms with E-state index in [-0.39, 0.29) is 18.9 Å². The first-order chi connectivity index (χ1) is 13.7. The van der Waals surface area contributed by atoms with Crippen LogP contribution in [-0.2, 0) is 14.8 Å². The van der Waals surface area contributed by atoms with Gasteiger partial charge in [0.2, 0.25) is 15.9 Å². The number of benzene rings is 2. The monoisotopic (exact) mass is 458 g/mol. The lowest BCUT2D eigenvalue weighted by atomic mass is 10.2. The fraction of sp³-hybridized carbons (Fsp3) is 0.350. The molecule has 0 spiro atoms. The highest BCUT2D eigenvalue weighted by Gasteiger charge is 2.19. The van der Waals surface area contributed by atoms with Gasteiger partial charge in [0.1, 0.15) is 12.4 Å². The van der Waals surface area contributed by atoms with Crippen molar-refractivity contribution in [3.8, 4) is 5.75 Å². The van der Waals surface area contributed by atoms with Crippen LogP contribution in [0.1, 0.15) is 18.4 Å². The molecule has 0 saturated carbocycles. The number of sulfonamides is 1. The minimum atomic E-state index is -3.48. The molecule has 0 aromatic heterocycles. The van der Waals surface area contributed by atoms with Crippen molar-refractivity contribution in [2.75, 3.05) is 30.3 Å². The van der Waals surface area contributed by atoms with Crippen LogP contribution in [-0.4, -0.2) is 40.3 Å². The normalized spacial score (nSPS) is 11.2. The largest absolute Gasteiger partial charge is 0.492 e. The van der Waals surface area contributed by atoms with Crippen LogP contribution in [0.25, 0.3) is 0 Å². The van der Waals surface area contributed by atoms with E-state index in [4.69, 9.17) is 27.9 Å². The molecular weight excluding hydrogens is 435 g/mol. The Hall–Kier alpha value is -1.96. The van der Waals surface area contributed by atoms with Crippen molar-refractivity contribution in [1.82, 2.24) is 5.32 Å². The van der Waals surface area contributed by atoms with Crippen LogP contribution in [0.5, 0.6) is 5.75 Å². The Morgan fingerprint density at radius 3 is 2.38 bits per heavy atom. The van der Waals surface area contributed by atoms with E-state index in [0.717, 1.165) is 11.8 Å². The lowest BCUT2D eigenvalue weighted by Crippen LogP contribution is -2.33. The highest BCUT2D eigenvalue weighted by molar-refractivity contribution is 7.92. The third-order valence-corrected chi connectivity index (χ3v) is 5.77. The zero-order valence-electron chi connectivity index (χ0n) is 16.3. The standard InChI is InChI=1S/C20H24Cl2N2O4S/c1-15-14-17(22)7-10-19(15)24(29(2,26)27)12-3-4-20(25)23-11-13-28-18-8-5-16(21)6-9-18/h5-10,14H,3-4,11-13H2,1-2H3,(H,23,25). The van der Waals surface area contributed by atoms with E-state index in [1.165, 1.54) is 4.31 Å². The number of nitrogens with one attached hydrogen (secondary N) is 1. The first-order valence-corrected chi connectivity index (χ1v) is 11.7. The SMILES string of the molecule is Cc1cc(Cl)ccc1N(CCCC(=O)NCCOc1ccc(Cl)cc1)S(C)(=O)=O. The summed E-state index contributed by atoms with van der Waals surface area (Å²) in [5.41, 5.74) is 1.32. The molecule has 0 atom stereocenters. The van der Waals surface area contributed by atoms with Gasteiger partial charge < -0.3 is 10.1 Å². The number of halogens is 2. The number of aryl methyl sites for hydroxylation is 1. The topological polar surface area (TPSA) is 75.7 Å². The van der Waals surface area contributed by atoms with Gasteiger partial charge in [-0.1, -0.05) is 23.2 Å². The van der Waals surface area contributed by atoms with Gasteiger partial charge in [-0.2, -0.15) is 0 Å². The quantitative estimate of drug-likeness (QED) is 0.544. The first kappa shape index (κ1) is 23.3. The molecule has 6 nitrogen and oxygen atoms in total. The first-order valence-electron chi connectivity index (χ1n) is 9.06. The number of carbonyl (C=O) groups excluding carboxylic acids is 1. The Balaban J connectivity index is 1.78. The van der Waals surface area contributed by atoms with E-state index >= 15 is 0 Å². The average molecular weight is 459 g/mol. The molecule has 1 N–H and O–H groups in total. The van der Waals surface area contributed by atoms with Crippen molar-refractivity contribution in [1.29, 1.82) is 0 Å². The van der Waals surface area contributed by atoms with E-state index < -0.39 is 10.0 Å². The molecule has 0 aliphatic carbocycles. The molecule has 158 valence electrons. The lowest BCUT2D eigenvalue weighted by Gasteiger charge is -2.24. The van der Waals surface area contributed by atoms with Crippen molar-refractivity contribution in [2.24, 2.45) is 0 Å². The van der Waals surface area contributed by atoms with E-state index in [0.29, 0.717) is 41.1 Å². The Morgan fingerprint density at radius 1 is 1.10 bits per heavy atom. The van der Waals surface area contributed by atoms with Gasteiger partial charge in [0.05, 0.1) is 18.5 Å². The highest BCUT2D eigenvalue weighted by Crippen LogP contribution is 2.26. The van der Waals surface area contributed by atoms with Crippen LogP contribution >= 0.6 is 23.2 Å². The molecule has 2 aromatic rings. The summed E-state index contributed by atoms with van der Waals surface area (Å²) < 4.78 is 31.2. The van der Waals surface area contributed by atoms with Crippen LogP contribution in [0, 0.1) is 6.92 Å². The smallest absolute Gasteiger partial charge is 0.232 e. The van der Waals surface area contributed by atoms with Crippen LogP contribution in [0.4, 0.5) is 5.69 Å². The van der Waals surface area contributed by atoms with E-state index in [1.807, 2.05) is 0 Å². The molecule has 0 fully saturated rings.